The average Bonchev–Trinajstić information content (AvgIpc) is 2.27. The maximum atomic E-state index is 13.0. The van der Waals surface area contributed by atoms with E-state index in [0.717, 1.165) is 6.07 Å². The van der Waals surface area contributed by atoms with Gasteiger partial charge in [0.15, 0.2) is 0 Å². The van der Waals surface area contributed by atoms with Crippen LogP contribution in [0.4, 0.5) is 8.78 Å². The predicted molar refractivity (Wildman–Crippen MR) is 70.5 cm³/mol. The summed E-state index contributed by atoms with van der Waals surface area (Å²) in [5, 5.41) is 2.74. The third-order valence-electron chi connectivity index (χ3n) is 3.03. The van der Waals surface area contributed by atoms with E-state index in [4.69, 9.17) is 5.73 Å². The summed E-state index contributed by atoms with van der Waals surface area (Å²) in [6, 6.07) is 3.35. The maximum absolute atomic E-state index is 13.0. The SMILES string of the molecule is CC(C)C(CN)C(=O)NCCc1cc(F)cc(F)c1. The van der Waals surface area contributed by atoms with Crippen LogP contribution in [0.25, 0.3) is 0 Å². The van der Waals surface area contributed by atoms with Crippen molar-refractivity contribution in [3.8, 4) is 0 Å². The molecule has 1 aromatic carbocycles. The summed E-state index contributed by atoms with van der Waals surface area (Å²) in [4.78, 5) is 11.8. The second kappa shape index (κ2) is 7.19. The molecule has 5 heteroatoms. The first-order chi connectivity index (χ1) is 8.93. The first-order valence-electron chi connectivity index (χ1n) is 6.36. The molecule has 19 heavy (non-hydrogen) atoms. The fraction of sp³-hybridized carbons (Fsp3) is 0.500. The number of nitrogens with one attached hydrogen (secondary N) is 1. The minimum atomic E-state index is -0.608. The second-order valence-corrected chi connectivity index (χ2v) is 4.90. The summed E-state index contributed by atoms with van der Waals surface area (Å²) in [5.41, 5.74) is 6.06. The Morgan fingerprint density at radius 1 is 1.26 bits per heavy atom. The summed E-state index contributed by atoms with van der Waals surface area (Å²) in [6.07, 6.45) is 0.385. The van der Waals surface area contributed by atoms with E-state index >= 15 is 0 Å². The van der Waals surface area contributed by atoms with Crippen LogP contribution in [0.3, 0.4) is 0 Å². The largest absolute Gasteiger partial charge is 0.355 e. The van der Waals surface area contributed by atoms with Crippen LogP contribution in [0.5, 0.6) is 0 Å². The van der Waals surface area contributed by atoms with E-state index < -0.39 is 11.6 Å². The van der Waals surface area contributed by atoms with Gasteiger partial charge in [-0.15, -0.1) is 0 Å². The first-order valence-corrected chi connectivity index (χ1v) is 6.36. The van der Waals surface area contributed by atoms with E-state index in [9.17, 15) is 13.6 Å². The molecule has 0 aliphatic rings. The van der Waals surface area contributed by atoms with Gasteiger partial charge < -0.3 is 11.1 Å². The van der Waals surface area contributed by atoms with Gasteiger partial charge in [-0.2, -0.15) is 0 Å². The average molecular weight is 270 g/mol. The summed E-state index contributed by atoms with van der Waals surface area (Å²) >= 11 is 0. The molecule has 0 spiro atoms. The van der Waals surface area contributed by atoms with Crippen molar-refractivity contribution >= 4 is 5.91 Å². The maximum Gasteiger partial charge on any atom is 0.224 e. The summed E-state index contributed by atoms with van der Waals surface area (Å²) < 4.78 is 25.9. The lowest BCUT2D eigenvalue weighted by molar-refractivity contribution is -0.125. The summed E-state index contributed by atoms with van der Waals surface area (Å²) in [7, 11) is 0. The Labute approximate surface area is 112 Å². The third-order valence-corrected chi connectivity index (χ3v) is 3.03. The zero-order chi connectivity index (χ0) is 14.4. The van der Waals surface area contributed by atoms with Crippen molar-refractivity contribution in [3.05, 3.63) is 35.4 Å². The van der Waals surface area contributed by atoms with E-state index in [1.54, 1.807) is 0 Å². The molecule has 0 heterocycles. The molecule has 1 rings (SSSR count). The molecule has 1 amide bonds. The van der Waals surface area contributed by atoms with Gasteiger partial charge in [0.1, 0.15) is 11.6 Å². The van der Waals surface area contributed by atoms with Crippen LogP contribution in [0.15, 0.2) is 18.2 Å². The van der Waals surface area contributed by atoms with Crippen LogP contribution in [0, 0.1) is 23.5 Å². The van der Waals surface area contributed by atoms with E-state index in [-0.39, 0.29) is 24.3 Å². The Hall–Kier alpha value is -1.49. The monoisotopic (exact) mass is 270 g/mol. The van der Waals surface area contributed by atoms with Gasteiger partial charge in [-0.1, -0.05) is 13.8 Å². The van der Waals surface area contributed by atoms with E-state index in [0.29, 0.717) is 18.5 Å². The summed E-state index contributed by atoms with van der Waals surface area (Å²) in [5.74, 6) is -1.40. The van der Waals surface area contributed by atoms with Crippen molar-refractivity contribution in [2.75, 3.05) is 13.1 Å². The number of benzene rings is 1. The second-order valence-electron chi connectivity index (χ2n) is 4.90. The van der Waals surface area contributed by atoms with Crippen LogP contribution < -0.4 is 11.1 Å². The lowest BCUT2D eigenvalue weighted by atomic mass is 9.95. The fourth-order valence-electron chi connectivity index (χ4n) is 1.90. The molecule has 106 valence electrons. The Balaban J connectivity index is 2.47. The number of halogens is 2. The van der Waals surface area contributed by atoms with Crippen LogP contribution in [0.1, 0.15) is 19.4 Å². The molecule has 1 aromatic rings. The molecule has 1 unspecified atom stereocenters. The molecule has 3 nitrogen and oxygen atoms in total. The van der Waals surface area contributed by atoms with Crippen molar-refractivity contribution in [1.29, 1.82) is 0 Å². The zero-order valence-corrected chi connectivity index (χ0v) is 11.2. The fourth-order valence-corrected chi connectivity index (χ4v) is 1.90. The lowest BCUT2D eigenvalue weighted by Crippen LogP contribution is -2.38. The van der Waals surface area contributed by atoms with Gasteiger partial charge in [0.05, 0.1) is 5.92 Å². The minimum absolute atomic E-state index is 0.116. The van der Waals surface area contributed by atoms with Gasteiger partial charge in [0.25, 0.3) is 0 Å². The van der Waals surface area contributed by atoms with Gasteiger partial charge in [-0.25, -0.2) is 8.78 Å². The first kappa shape index (κ1) is 15.6. The quantitative estimate of drug-likeness (QED) is 0.829. The van der Waals surface area contributed by atoms with Gasteiger partial charge in [-0.05, 0) is 30.0 Å². The van der Waals surface area contributed by atoms with Crippen molar-refractivity contribution < 1.29 is 13.6 Å². The number of nitrogens with two attached hydrogens (primary N) is 1. The van der Waals surface area contributed by atoms with Crippen LogP contribution in [-0.2, 0) is 11.2 Å². The topological polar surface area (TPSA) is 55.1 Å². The number of hydrogen-bond acceptors (Lipinski definition) is 2. The molecular formula is C14H20F2N2O. The van der Waals surface area contributed by atoms with Gasteiger partial charge in [0.2, 0.25) is 5.91 Å². The highest BCUT2D eigenvalue weighted by molar-refractivity contribution is 5.79. The van der Waals surface area contributed by atoms with Gasteiger partial charge >= 0.3 is 0 Å². The van der Waals surface area contributed by atoms with E-state index in [1.807, 2.05) is 13.8 Å². The van der Waals surface area contributed by atoms with Crippen molar-refractivity contribution in [2.45, 2.75) is 20.3 Å². The molecule has 0 saturated carbocycles. The van der Waals surface area contributed by atoms with Crippen molar-refractivity contribution in [1.82, 2.24) is 5.32 Å². The molecule has 0 bridgehead atoms. The molecule has 0 aromatic heterocycles. The molecule has 0 aliphatic heterocycles. The third kappa shape index (κ3) is 4.95. The predicted octanol–water partition coefficient (Wildman–Crippen LogP) is 1.85. The minimum Gasteiger partial charge on any atom is -0.355 e. The van der Waals surface area contributed by atoms with Crippen molar-refractivity contribution in [3.63, 3.8) is 0 Å². The Morgan fingerprint density at radius 2 is 1.84 bits per heavy atom. The Kier molecular flexibility index (Phi) is 5.89. The van der Waals surface area contributed by atoms with Crippen LogP contribution in [0.2, 0.25) is 0 Å². The van der Waals surface area contributed by atoms with E-state index in [1.165, 1.54) is 12.1 Å². The summed E-state index contributed by atoms with van der Waals surface area (Å²) in [6.45, 7) is 4.49. The Morgan fingerprint density at radius 3 is 2.32 bits per heavy atom. The van der Waals surface area contributed by atoms with Crippen LogP contribution >= 0.6 is 0 Å². The molecule has 3 N–H and O–H groups in total. The molecule has 0 aliphatic carbocycles. The highest BCUT2D eigenvalue weighted by atomic mass is 19.1. The zero-order valence-electron chi connectivity index (χ0n) is 11.2. The van der Waals surface area contributed by atoms with Crippen molar-refractivity contribution in [2.24, 2.45) is 17.6 Å². The number of carbonyl (C=O) groups is 1. The molecule has 0 radical (unpaired) electrons. The van der Waals surface area contributed by atoms with E-state index in [2.05, 4.69) is 5.32 Å². The Bertz CT molecular complexity index is 415. The molecule has 0 fully saturated rings. The van der Waals surface area contributed by atoms with Gasteiger partial charge in [0, 0.05) is 19.2 Å². The molecule has 0 saturated heterocycles. The number of rotatable bonds is 6. The molecular weight excluding hydrogens is 250 g/mol. The number of hydrogen-bond donors (Lipinski definition) is 2. The number of carbonyl (C=O) groups excluding carboxylic acids is 1. The standard InChI is InChI=1S/C14H20F2N2O/c1-9(2)13(8-17)14(19)18-4-3-10-5-11(15)7-12(16)6-10/h5-7,9,13H,3-4,8,17H2,1-2H3,(H,18,19). The smallest absolute Gasteiger partial charge is 0.224 e. The highest BCUT2D eigenvalue weighted by Crippen LogP contribution is 2.10. The molecule has 1 atom stereocenters. The van der Waals surface area contributed by atoms with Crippen LogP contribution in [-0.4, -0.2) is 19.0 Å². The number of amides is 1. The normalized spacial score (nSPS) is 12.5. The van der Waals surface area contributed by atoms with Gasteiger partial charge in [-0.3, -0.25) is 4.79 Å². The highest BCUT2D eigenvalue weighted by Gasteiger charge is 2.19. The lowest BCUT2D eigenvalue weighted by Gasteiger charge is -2.18.